The number of anilines is 1. The van der Waals surface area contributed by atoms with Gasteiger partial charge in [0.2, 0.25) is 0 Å². The number of likely N-dealkylation sites (N-methyl/N-ethyl adjacent to an activating group) is 1. The first-order valence-electron chi connectivity index (χ1n) is 7.57. The van der Waals surface area contributed by atoms with Gasteiger partial charge in [0.15, 0.2) is 12.1 Å². The molecule has 0 aliphatic carbocycles. The number of nitrogens with zero attached hydrogens (tertiary/aromatic N) is 3. The fraction of sp³-hybridized carbons (Fsp3) is 0.235. The Balaban J connectivity index is 1.97. The van der Waals surface area contributed by atoms with Gasteiger partial charge in [-0.25, -0.2) is 14.4 Å². The number of rotatable bonds is 6. The highest BCUT2D eigenvalue weighted by Gasteiger charge is 2.15. The van der Waals surface area contributed by atoms with Gasteiger partial charge in [0.05, 0.1) is 11.3 Å². The van der Waals surface area contributed by atoms with Crippen LogP contribution in [0, 0.1) is 5.82 Å². The van der Waals surface area contributed by atoms with Gasteiger partial charge in [-0.2, -0.15) is 0 Å². The molecule has 2 heterocycles. The molecule has 1 aromatic carbocycles. The molecule has 0 saturated carbocycles. The normalized spacial score (nSPS) is 11.2. The Morgan fingerprint density at radius 3 is 2.92 bits per heavy atom. The van der Waals surface area contributed by atoms with E-state index in [9.17, 15) is 9.18 Å². The Kier molecular flexibility index (Phi) is 4.52. The highest BCUT2D eigenvalue weighted by atomic mass is 19.1. The van der Waals surface area contributed by atoms with Crippen LogP contribution < -0.4 is 5.32 Å². The van der Waals surface area contributed by atoms with Crippen LogP contribution in [0.5, 0.6) is 0 Å². The molecule has 0 radical (unpaired) electrons. The lowest BCUT2D eigenvalue weighted by Gasteiger charge is -2.11. The molecule has 6 nitrogen and oxygen atoms in total. The number of carbonyl (C=O) groups is 1. The third kappa shape index (κ3) is 3.26. The van der Waals surface area contributed by atoms with Gasteiger partial charge >= 0.3 is 0 Å². The lowest BCUT2D eigenvalue weighted by molar-refractivity contribution is 0.112. The van der Waals surface area contributed by atoms with Crippen LogP contribution in [0.15, 0.2) is 30.5 Å². The lowest BCUT2D eigenvalue weighted by atomic mass is 10.1. The van der Waals surface area contributed by atoms with E-state index in [-0.39, 0.29) is 0 Å². The first-order valence-corrected chi connectivity index (χ1v) is 7.57. The predicted molar refractivity (Wildman–Crippen MR) is 91.7 cm³/mol. The van der Waals surface area contributed by atoms with Crippen molar-refractivity contribution in [3.63, 3.8) is 0 Å². The van der Waals surface area contributed by atoms with Crippen molar-refractivity contribution in [1.82, 2.24) is 19.9 Å². The van der Waals surface area contributed by atoms with Crippen LogP contribution in [-0.4, -0.2) is 53.3 Å². The Morgan fingerprint density at radius 1 is 1.33 bits per heavy atom. The van der Waals surface area contributed by atoms with Crippen molar-refractivity contribution in [2.45, 2.75) is 0 Å². The smallest absolute Gasteiger partial charge is 0.178 e. The molecule has 0 amide bonds. The van der Waals surface area contributed by atoms with Crippen molar-refractivity contribution in [2.24, 2.45) is 0 Å². The van der Waals surface area contributed by atoms with Crippen LogP contribution in [0.4, 0.5) is 10.2 Å². The van der Waals surface area contributed by atoms with Crippen molar-refractivity contribution in [2.75, 3.05) is 32.5 Å². The molecule has 0 bridgehead atoms. The van der Waals surface area contributed by atoms with Crippen LogP contribution in [0.25, 0.3) is 22.4 Å². The fourth-order valence-corrected chi connectivity index (χ4v) is 2.47. The van der Waals surface area contributed by atoms with Crippen LogP contribution in [-0.2, 0) is 0 Å². The number of halogens is 1. The average molecular weight is 327 g/mol. The van der Waals surface area contributed by atoms with Crippen LogP contribution in [0.2, 0.25) is 0 Å². The quantitative estimate of drug-likeness (QED) is 0.681. The van der Waals surface area contributed by atoms with E-state index < -0.39 is 5.82 Å². The van der Waals surface area contributed by atoms with Gasteiger partial charge in [-0.05, 0) is 38.4 Å². The second kappa shape index (κ2) is 6.76. The largest absolute Gasteiger partial charge is 0.369 e. The highest BCUT2D eigenvalue weighted by Crippen LogP contribution is 2.28. The van der Waals surface area contributed by atoms with Crippen LogP contribution in [0.1, 0.15) is 10.4 Å². The summed E-state index contributed by atoms with van der Waals surface area (Å²) in [6.07, 6.45) is 2.32. The standard InChI is InChI=1S/C17H18FN5O/c1-23(2)8-7-19-15-5-6-20-17(22-15)16-13(10-24)12-9-11(18)3-4-14(12)21-16/h3-6,9-10,21H,7-8H2,1-2H3,(H,19,20,22). The molecule has 0 fully saturated rings. The summed E-state index contributed by atoms with van der Waals surface area (Å²) in [6.45, 7) is 1.60. The Bertz CT molecular complexity index is 875. The predicted octanol–water partition coefficient (Wildman–Crippen LogP) is 2.55. The summed E-state index contributed by atoms with van der Waals surface area (Å²) in [5.41, 5.74) is 1.51. The Morgan fingerprint density at radius 2 is 2.17 bits per heavy atom. The van der Waals surface area contributed by atoms with E-state index in [0.717, 1.165) is 13.1 Å². The lowest BCUT2D eigenvalue weighted by Crippen LogP contribution is -2.21. The Labute approximate surface area is 138 Å². The van der Waals surface area contributed by atoms with E-state index in [1.807, 2.05) is 14.1 Å². The van der Waals surface area contributed by atoms with E-state index in [2.05, 4.69) is 25.2 Å². The zero-order valence-electron chi connectivity index (χ0n) is 13.5. The molecule has 124 valence electrons. The minimum atomic E-state index is -0.392. The summed E-state index contributed by atoms with van der Waals surface area (Å²) in [6, 6.07) is 6.04. The molecule has 2 aromatic heterocycles. The number of carbonyl (C=O) groups excluding carboxylic acids is 1. The third-order valence-electron chi connectivity index (χ3n) is 3.66. The molecule has 3 rings (SSSR count). The molecule has 0 unspecified atom stereocenters. The summed E-state index contributed by atoms with van der Waals surface area (Å²) >= 11 is 0. The topological polar surface area (TPSA) is 73.9 Å². The molecule has 7 heteroatoms. The summed E-state index contributed by atoms with van der Waals surface area (Å²) < 4.78 is 13.5. The number of fused-ring (bicyclic) bond motifs is 1. The van der Waals surface area contributed by atoms with E-state index in [0.29, 0.717) is 40.1 Å². The van der Waals surface area contributed by atoms with E-state index in [1.54, 1.807) is 18.3 Å². The SMILES string of the molecule is CN(C)CCNc1ccnc(-c2[nH]c3ccc(F)cc3c2C=O)n1. The maximum atomic E-state index is 13.5. The summed E-state index contributed by atoms with van der Waals surface area (Å²) in [5, 5.41) is 3.73. The highest BCUT2D eigenvalue weighted by molar-refractivity contribution is 6.03. The molecular weight excluding hydrogens is 309 g/mol. The monoisotopic (exact) mass is 327 g/mol. The third-order valence-corrected chi connectivity index (χ3v) is 3.66. The molecular formula is C17H18FN5O. The van der Waals surface area contributed by atoms with Gasteiger partial charge in [0.25, 0.3) is 0 Å². The van der Waals surface area contributed by atoms with E-state index in [4.69, 9.17) is 0 Å². The van der Waals surface area contributed by atoms with Gasteiger partial charge < -0.3 is 15.2 Å². The first kappa shape index (κ1) is 16.1. The minimum Gasteiger partial charge on any atom is -0.369 e. The maximum Gasteiger partial charge on any atom is 0.178 e. The van der Waals surface area contributed by atoms with Gasteiger partial charge in [-0.1, -0.05) is 0 Å². The molecule has 0 aliphatic rings. The Hall–Kier alpha value is -2.80. The second-order valence-corrected chi connectivity index (χ2v) is 5.72. The first-order chi connectivity index (χ1) is 11.6. The summed E-state index contributed by atoms with van der Waals surface area (Å²) in [7, 11) is 3.99. The zero-order valence-corrected chi connectivity index (χ0v) is 13.5. The number of aromatic amines is 1. The van der Waals surface area contributed by atoms with Gasteiger partial charge in [-0.3, -0.25) is 4.79 Å². The number of hydrogen-bond donors (Lipinski definition) is 2. The van der Waals surface area contributed by atoms with Crippen molar-refractivity contribution < 1.29 is 9.18 Å². The van der Waals surface area contributed by atoms with Gasteiger partial charge in [-0.15, -0.1) is 0 Å². The number of benzene rings is 1. The van der Waals surface area contributed by atoms with E-state index in [1.165, 1.54) is 12.1 Å². The fourth-order valence-electron chi connectivity index (χ4n) is 2.47. The zero-order chi connectivity index (χ0) is 17.1. The van der Waals surface area contributed by atoms with Crippen molar-refractivity contribution in [3.8, 4) is 11.5 Å². The number of H-pyrrole nitrogens is 1. The molecule has 24 heavy (non-hydrogen) atoms. The average Bonchev–Trinajstić information content (AvgIpc) is 2.92. The number of aromatic nitrogens is 3. The van der Waals surface area contributed by atoms with E-state index >= 15 is 0 Å². The number of nitrogens with one attached hydrogen (secondary N) is 2. The number of aldehydes is 1. The van der Waals surface area contributed by atoms with Crippen molar-refractivity contribution in [3.05, 3.63) is 41.8 Å². The number of hydrogen-bond acceptors (Lipinski definition) is 5. The second-order valence-electron chi connectivity index (χ2n) is 5.72. The summed E-state index contributed by atoms with van der Waals surface area (Å²) in [5.74, 6) is 0.670. The summed E-state index contributed by atoms with van der Waals surface area (Å²) in [4.78, 5) is 25.3. The molecule has 0 saturated heterocycles. The van der Waals surface area contributed by atoms with Gasteiger partial charge in [0.1, 0.15) is 11.6 Å². The maximum absolute atomic E-state index is 13.5. The molecule has 0 spiro atoms. The minimum absolute atomic E-state index is 0.356. The molecule has 3 aromatic rings. The van der Waals surface area contributed by atoms with Crippen LogP contribution >= 0.6 is 0 Å². The van der Waals surface area contributed by atoms with Gasteiger partial charge in [0, 0.05) is 30.2 Å². The molecule has 0 aliphatic heterocycles. The van der Waals surface area contributed by atoms with Crippen molar-refractivity contribution >= 4 is 23.0 Å². The molecule has 0 atom stereocenters. The van der Waals surface area contributed by atoms with Crippen molar-refractivity contribution in [1.29, 1.82) is 0 Å². The van der Waals surface area contributed by atoms with Crippen LogP contribution in [0.3, 0.4) is 0 Å². The molecule has 2 N–H and O–H groups in total.